The molecule has 2 heterocycles. The first kappa shape index (κ1) is 17.3. The highest BCUT2D eigenvalue weighted by molar-refractivity contribution is 5.95. The summed E-state index contributed by atoms with van der Waals surface area (Å²) >= 11 is 0. The van der Waals surface area contributed by atoms with Crippen LogP contribution in [0.2, 0.25) is 0 Å². The van der Waals surface area contributed by atoms with Gasteiger partial charge in [-0.15, -0.1) is 0 Å². The summed E-state index contributed by atoms with van der Waals surface area (Å²) in [6.07, 6.45) is 3.41. The van der Waals surface area contributed by atoms with Crippen molar-refractivity contribution < 1.29 is 13.9 Å². The predicted octanol–water partition coefficient (Wildman–Crippen LogP) is 3.77. The van der Waals surface area contributed by atoms with Gasteiger partial charge in [-0.25, -0.2) is 9.37 Å². The fourth-order valence-corrected chi connectivity index (χ4v) is 2.72. The molecule has 0 spiro atoms. The maximum atomic E-state index is 14.2. The van der Waals surface area contributed by atoms with Crippen molar-refractivity contribution in [2.24, 2.45) is 0 Å². The monoisotopic (exact) mass is 340 g/mol. The molecule has 2 aromatic rings. The van der Waals surface area contributed by atoms with Crippen LogP contribution in [0, 0.1) is 5.82 Å². The van der Waals surface area contributed by atoms with Gasteiger partial charge in [0.05, 0.1) is 5.69 Å². The molecular weight excluding hydrogens is 319 g/mol. The molecule has 0 aliphatic carbocycles. The highest BCUT2D eigenvalue weighted by atomic mass is 19.1. The fourth-order valence-electron chi connectivity index (χ4n) is 2.72. The third-order valence-corrected chi connectivity index (χ3v) is 4.19. The quantitative estimate of drug-likeness (QED) is 0.813. The van der Waals surface area contributed by atoms with Gasteiger partial charge in [0.2, 0.25) is 5.88 Å². The van der Waals surface area contributed by atoms with E-state index in [4.69, 9.17) is 4.74 Å². The van der Waals surface area contributed by atoms with Gasteiger partial charge >= 0.3 is 0 Å². The van der Waals surface area contributed by atoms with Crippen LogP contribution >= 0.6 is 0 Å². The number of ketones is 1. The maximum Gasteiger partial charge on any atom is 0.214 e. The summed E-state index contributed by atoms with van der Waals surface area (Å²) in [7, 11) is 0. The Morgan fingerprint density at radius 1 is 1.32 bits per heavy atom. The number of nitrogens with one attached hydrogen (secondary N) is 1. The Kier molecular flexibility index (Phi) is 5.56. The summed E-state index contributed by atoms with van der Waals surface area (Å²) in [6.45, 7) is 3.61. The number of carbonyl (C=O) groups excluding carboxylic acids is 1. The maximum absolute atomic E-state index is 14.2. The molecule has 4 nitrogen and oxygen atoms in total. The molecule has 1 N–H and O–H groups in total. The first-order chi connectivity index (χ1) is 12.2. The Hall–Kier alpha value is -2.53. The molecule has 1 aromatic carbocycles. The van der Waals surface area contributed by atoms with Crippen molar-refractivity contribution in [3.63, 3.8) is 0 Å². The van der Waals surface area contributed by atoms with Crippen LogP contribution in [-0.4, -0.2) is 23.9 Å². The molecule has 1 aromatic heterocycles. The first-order valence-electron chi connectivity index (χ1n) is 8.49. The Labute approximate surface area is 146 Å². The molecule has 1 aliphatic heterocycles. The number of aromatic nitrogens is 1. The van der Waals surface area contributed by atoms with Gasteiger partial charge < -0.3 is 10.1 Å². The number of nitrogens with zero attached hydrogens (tertiary/aromatic N) is 1. The Morgan fingerprint density at radius 3 is 2.92 bits per heavy atom. The van der Waals surface area contributed by atoms with Gasteiger partial charge in [0.15, 0.2) is 5.78 Å². The first-order valence-corrected chi connectivity index (χ1v) is 8.49. The molecule has 0 atom stereocenters. The zero-order valence-electron chi connectivity index (χ0n) is 14.2. The second-order valence-corrected chi connectivity index (χ2v) is 5.92. The van der Waals surface area contributed by atoms with Gasteiger partial charge in [0.25, 0.3) is 0 Å². The molecule has 0 saturated heterocycles. The zero-order valence-corrected chi connectivity index (χ0v) is 14.2. The van der Waals surface area contributed by atoms with Crippen molar-refractivity contribution in [2.75, 3.05) is 13.1 Å². The Morgan fingerprint density at radius 2 is 2.20 bits per heavy atom. The lowest BCUT2D eigenvalue weighted by Crippen LogP contribution is -2.20. The molecule has 25 heavy (non-hydrogen) atoms. The van der Waals surface area contributed by atoms with E-state index in [1.54, 1.807) is 25.1 Å². The van der Waals surface area contributed by atoms with Crippen molar-refractivity contribution >= 4 is 11.4 Å². The molecule has 0 unspecified atom stereocenters. The molecule has 0 radical (unpaired) electrons. The average Bonchev–Trinajstić information content (AvgIpc) is 2.67. The van der Waals surface area contributed by atoms with Gasteiger partial charge in [-0.05, 0) is 30.7 Å². The van der Waals surface area contributed by atoms with Crippen LogP contribution in [0.5, 0.6) is 5.88 Å². The summed E-state index contributed by atoms with van der Waals surface area (Å²) in [5, 5.41) is 3.27. The lowest BCUT2D eigenvalue weighted by molar-refractivity contribution is 0.0987. The van der Waals surface area contributed by atoms with E-state index in [2.05, 4.69) is 16.4 Å². The molecule has 0 amide bonds. The summed E-state index contributed by atoms with van der Waals surface area (Å²) in [5.74, 6) is -0.0439. The number of carbonyl (C=O) groups is 1. The highest BCUT2D eigenvalue weighted by Gasteiger charge is 2.11. The summed E-state index contributed by atoms with van der Waals surface area (Å²) < 4.78 is 19.8. The van der Waals surface area contributed by atoms with Crippen LogP contribution in [0.3, 0.4) is 0 Å². The second-order valence-electron chi connectivity index (χ2n) is 5.92. The minimum atomic E-state index is -0.434. The van der Waals surface area contributed by atoms with E-state index >= 15 is 0 Å². The number of hydrogen-bond acceptors (Lipinski definition) is 4. The van der Waals surface area contributed by atoms with Crippen LogP contribution in [0.15, 0.2) is 42.5 Å². The molecule has 130 valence electrons. The minimum absolute atomic E-state index is 0.0729. The SMILES string of the molecule is CCC(=O)c1ccc(COc2cccc(C3=CCNCC3)n2)c(F)c1. The van der Waals surface area contributed by atoms with Crippen LogP contribution in [0.4, 0.5) is 4.39 Å². The lowest BCUT2D eigenvalue weighted by atomic mass is 10.1. The zero-order chi connectivity index (χ0) is 17.6. The molecule has 0 fully saturated rings. The van der Waals surface area contributed by atoms with E-state index in [-0.39, 0.29) is 12.4 Å². The molecule has 5 heteroatoms. The minimum Gasteiger partial charge on any atom is -0.473 e. The molecule has 1 aliphatic rings. The van der Waals surface area contributed by atoms with Crippen molar-refractivity contribution in [3.05, 3.63) is 65.1 Å². The number of Topliss-reactive ketones (excluding diaryl/α,β-unsaturated/α-hetero) is 1. The average molecular weight is 340 g/mol. The highest BCUT2D eigenvalue weighted by Crippen LogP contribution is 2.21. The van der Waals surface area contributed by atoms with Crippen molar-refractivity contribution in [1.29, 1.82) is 0 Å². The van der Waals surface area contributed by atoms with E-state index in [0.29, 0.717) is 23.4 Å². The van der Waals surface area contributed by atoms with Gasteiger partial charge in [-0.2, -0.15) is 0 Å². The lowest BCUT2D eigenvalue weighted by Gasteiger charge is -2.14. The second kappa shape index (κ2) is 8.03. The molecule has 3 rings (SSSR count). The van der Waals surface area contributed by atoms with Gasteiger partial charge in [-0.3, -0.25) is 4.79 Å². The van der Waals surface area contributed by atoms with E-state index in [1.165, 1.54) is 11.6 Å². The standard InChI is InChI=1S/C20H21FN2O2/c1-2-19(24)15-6-7-16(17(21)12-15)13-25-20-5-3-4-18(23-20)14-8-10-22-11-9-14/h3-8,12,22H,2,9-11,13H2,1H3. The number of ether oxygens (including phenoxy) is 1. The summed E-state index contributed by atoms with van der Waals surface area (Å²) in [6, 6.07) is 10.1. The number of benzene rings is 1. The van der Waals surface area contributed by atoms with E-state index < -0.39 is 5.82 Å². The van der Waals surface area contributed by atoms with Gasteiger partial charge in [0.1, 0.15) is 12.4 Å². The largest absolute Gasteiger partial charge is 0.473 e. The van der Waals surface area contributed by atoms with Crippen molar-refractivity contribution in [1.82, 2.24) is 10.3 Å². The Balaban J connectivity index is 1.69. The third-order valence-electron chi connectivity index (χ3n) is 4.19. The number of pyridine rings is 1. The van der Waals surface area contributed by atoms with Gasteiger partial charge in [-0.1, -0.05) is 31.2 Å². The fraction of sp³-hybridized carbons (Fsp3) is 0.300. The van der Waals surface area contributed by atoms with Crippen molar-refractivity contribution in [2.45, 2.75) is 26.4 Å². The van der Waals surface area contributed by atoms with E-state index in [0.717, 1.165) is 25.2 Å². The third kappa shape index (κ3) is 4.31. The smallest absolute Gasteiger partial charge is 0.214 e. The van der Waals surface area contributed by atoms with Crippen LogP contribution in [0.25, 0.3) is 5.57 Å². The van der Waals surface area contributed by atoms with E-state index in [9.17, 15) is 9.18 Å². The van der Waals surface area contributed by atoms with Crippen molar-refractivity contribution in [3.8, 4) is 5.88 Å². The topological polar surface area (TPSA) is 51.2 Å². The van der Waals surface area contributed by atoms with Crippen LogP contribution in [-0.2, 0) is 6.61 Å². The predicted molar refractivity (Wildman–Crippen MR) is 95.1 cm³/mol. The molecular formula is C20H21FN2O2. The summed E-state index contributed by atoms with van der Waals surface area (Å²) in [4.78, 5) is 16.1. The normalized spacial score (nSPS) is 14.1. The number of hydrogen-bond donors (Lipinski definition) is 1. The molecule has 0 saturated carbocycles. The number of rotatable bonds is 6. The summed E-state index contributed by atoms with van der Waals surface area (Å²) in [5.41, 5.74) is 2.88. The molecule has 0 bridgehead atoms. The van der Waals surface area contributed by atoms with Crippen LogP contribution in [0.1, 0.15) is 41.4 Å². The van der Waals surface area contributed by atoms with Gasteiger partial charge in [0, 0.05) is 30.2 Å². The Bertz CT molecular complexity index is 802. The number of halogens is 1. The van der Waals surface area contributed by atoms with E-state index in [1.807, 2.05) is 12.1 Å². The van der Waals surface area contributed by atoms with Crippen LogP contribution < -0.4 is 10.1 Å².